The topological polar surface area (TPSA) is 102 Å². The molecule has 9 heteroatoms. The Morgan fingerprint density at radius 1 is 1.08 bits per heavy atom. The molecule has 0 aromatic heterocycles. The molecule has 2 aromatic carbocycles. The van der Waals surface area contributed by atoms with E-state index in [1.807, 2.05) is 0 Å². The van der Waals surface area contributed by atoms with Gasteiger partial charge in [0.2, 0.25) is 15.9 Å². The predicted molar refractivity (Wildman–Crippen MR) is 100 cm³/mol. The molecule has 1 unspecified atom stereocenters. The van der Waals surface area contributed by atoms with E-state index in [9.17, 15) is 18.0 Å². The summed E-state index contributed by atoms with van der Waals surface area (Å²) in [5.41, 5.74) is 0.408. The van der Waals surface area contributed by atoms with Crippen LogP contribution >= 0.6 is 15.9 Å². The van der Waals surface area contributed by atoms with Crippen molar-refractivity contribution in [3.05, 3.63) is 58.6 Å². The van der Waals surface area contributed by atoms with Crippen molar-refractivity contribution in [2.45, 2.75) is 17.9 Å². The smallest absolute Gasteiger partial charge is 0.339 e. The Bertz CT molecular complexity index is 913. The second kappa shape index (κ2) is 8.43. The number of rotatable bonds is 6. The Morgan fingerprint density at radius 3 is 2.31 bits per heavy atom. The van der Waals surface area contributed by atoms with E-state index in [-0.39, 0.29) is 16.1 Å². The van der Waals surface area contributed by atoms with Crippen LogP contribution in [0, 0.1) is 0 Å². The number of hydrogen-bond acceptors (Lipinski definition) is 5. The van der Waals surface area contributed by atoms with Crippen LogP contribution in [-0.4, -0.2) is 33.4 Å². The Morgan fingerprint density at radius 2 is 1.69 bits per heavy atom. The highest BCUT2D eigenvalue weighted by molar-refractivity contribution is 9.10. The Labute approximate surface area is 159 Å². The standard InChI is InChI=1S/C17H17BrN2O5S/c1-11(20-26(23,24)13-9-7-12(18)8-10-13)16(21)19-15-6-4-3-5-14(15)17(22)25-2/h3-11,20H,1-2H3,(H,19,21). The summed E-state index contributed by atoms with van der Waals surface area (Å²) in [6.45, 7) is 1.41. The summed E-state index contributed by atoms with van der Waals surface area (Å²) in [7, 11) is -2.64. The summed E-state index contributed by atoms with van der Waals surface area (Å²) < 4.78 is 32.4. The van der Waals surface area contributed by atoms with E-state index < -0.39 is 27.9 Å². The highest BCUT2D eigenvalue weighted by Crippen LogP contribution is 2.17. The molecule has 0 aliphatic carbocycles. The zero-order valence-electron chi connectivity index (χ0n) is 14.0. The molecule has 2 rings (SSSR count). The summed E-state index contributed by atoms with van der Waals surface area (Å²) in [4.78, 5) is 24.1. The molecule has 0 radical (unpaired) electrons. The lowest BCUT2D eigenvalue weighted by Crippen LogP contribution is -2.41. The number of benzene rings is 2. The van der Waals surface area contributed by atoms with Crippen LogP contribution < -0.4 is 10.0 Å². The number of ether oxygens (including phenoxy) is 1. The van der Waals surface area contributed by atoms with E-state index >= 15 is 0 Å². The first-order valence-electron chi connectivity index (χ1n) is 7.50. The van der Waals surface area contributed by atoms with Crippen molar-refractivity contribution in [3.63, 3.8) is 0 Å². The highest BCUT2D eigenvalue weighted by atomic mass is 79.9. The van der Waals surface area contributed by atoms with Crippen molar-refractivity contribution in [2.75, 3.05) is 12.4 Å². The fourth-order valence-electron chi connectivity index (χ4n) is 2.09. The van der Waals surface area contributed by atoms with Gasteiger partial charge in [-0.2, -0.15) is 4.72 Å². The van der Waals surface area contributed by atoms with Crippen LogP contribution in [0.4, 0.5) is 5.69 Å². The van der Waals surface area contributed by atoms with Gasteiger partial charge in [-0.25, -0.2) is 13.2 Å². The monoisotopic (exact) mass is 440 g/mol. The molecule has 2 aromatic rings. The van der Waals surface area contributed by atoms with Crippen molar-refractivity contribution in [1.29, 1.82) is 0 Å². The lowest BCUT2D eigenvalue weighted by Gasteiger charge is -2.16. The van der Waals surface area contributed by atoms with Gasteiger partial charge in [-0.15, -0.1) is 0 Å². The zero-order valence-corrected chi connectivity index (χ0v) is 16.4. The number of halogens is 1. The van der Waals surface area contributed by atoms with Gasteiger partial charge in [-0.1, -0.05) is 28.1 Å². The number of carbonyl (C=O) groups excluding carboxylic acids is 2. The molecule has 0 aliphatic rings. The van der Waals surface area contributed by atoms with Gasteiger partial charge in [0, 0.05) is 4.47 Å². The zero-order chi connectivity index (χ0) is 19.3. The minimum atomic E-state index is -3.87. The molecule has 26 heavy (non-hydrogen) atoms. The summed E-state index contributed by atoms with van der Waals surface area (Å²) in [6.07, 6.45) is 0. The SMILES string of the molecule is COC(=O)c1ccccc1NC(=O)C(C)NS(=O)(=O)c1ccc(Br)cc1. The molecule has 0 bridgehead atoms. The molecule has 0 saturated heterocycles. The number of methoxy groups -OCH3 is 1. The van der Waals surface area contributed by atoms with Crippen LogP contribution in [0.5, 0.6) is 0 Å². The molecule has 1 amide bonds. The number of para-hydroxylation sites is 1. The average Bonchev–Trinajstić information content (AvgIpc) is 2.61. The maximum absolute atomic E-state index is 12.4. The molecular formula is C17H17BrN2O5S. The predicted octanol–water partition coefficient (Wildman–Crippen LogP) is 2.54. The van der Waals surface area contributed by atoms with Crippen LogP contribution in [0.1, 0.15) is 17.3 Å². The van der Waals surface area contributed by atoms with E-state index in [4.69, 9.17) is 0 Å². The third-order valence-corrected chi connectivity index (χ3v) is 5.52. The van der Waals surface area contributed by atoms with Gasteiger partial charge in [0.05, 0.1) is 29.3 Å². The number of anilines is 1. The molecule has 0 spiro atoms. The van der Waals surface area contributed by atoms with Gasteiger partial charge < -0.3 is 10.1 Å². The number of hydrogen-bond donors (Lipinski definition) is 2. The van der Waals surface area contributed by atoms with E-state index in [0.717, 1.165) is 4.47 Å². The van der Waals surface area contributed by atoms with Crippen molar-refractivity contribution in [2.24, 2.45) is 0 Å². The highest BCUT2D eigenvalue weighted by Gasteiger charge is 2.23. The van der Waals surface area contributed by atoms with Crippen LogP contribution in [0.3, 0.4) is 0 Å². The van der Waals surface area contributed by atoms with Crippen LogP contribution in [0.15, 0.2) is 57.9 Å². The van der Waals surface area contributed by atoms with E-state index in [2.05, 4.69) is 30.7 Å². The largest absolute Gasteiger partial charge is 0.465 e. The molecule has 138 valence electrons. The quantitative estimate of drug-likeness (QED) is 0.671. The molecule has 1 atom stereocenters. The molecule has 2 N–H and O–H groups in total. The van der Waals surface area contributed by atoms with Crippen LogP contribution in [0.25, 0.3) is 0 Å². The van der Waals surface area contributed by atoms with Crippen molar-refractivity contribution in [1.82, 2.24) is 4.72 Å². The minimum absolute atomic E-state index is 0.0373. The maximum atomic E-state index is 12.4. The van der Waals surface area contributed by atoms with Gasteiger partial charge >= 0.3 is 5.97 Å². The number of sulfonamides is 1. The molecular weight excluding hydrogens is 424 g/mol. The fraction of sp³-hybridized carbons (Fsp3) is 0.176. The summed E-state index contributed by atoms with van der Waals surface area (Å²) >= 11 is 3.23. The van der Waals surface area contributed by atoms with Crippen LogP contribution in [0.2, 0.25) is 0 Å². The lowest BCUT2D eigenvalue weighted by atomic mass is 10.1. The summed E-state index contributed by atoms with van der Waals surface area (Å²) in [6, 6.07) is 11.2. The average molecular weight is 441 g/mol. The van der Waals surface area contributed by atoms with Gasteiger partial charge in [0.15, 0.2) is 0 Å². The Kier molecular flexibility index (Phi) is 6.52. The number of amides is 1. The third kappa shape index (κ3) is 4.90. The second-order valence-corrected chi connectivity index (χ2v) is 7.95. The number of esters is 1. The normalized spacial score (nSPS) is 12.3. The number of nitrogens with one attached hydrogen (secondary N) is 2. The van der Waals surface area contributed by atoms with Gasteiger partial charge in [0.1, 0.15) is 0 Å². The van der Waals surface area contributed by atoms with Crippen molar-refractivity contribution < 1.29 is 22.7 Å². The molecule has 0 heterocycles. The summed E-state index contributed by atoms with van der Waals surface area (Å²) in [5.74, 6) is -1.22. The van der Waals surface area contributed by atoms with E-state index in [1.54, 1.807) is 24.3 Å². The Balaban J connectivity index is 2.13. The fourth-order valence-corrected chi connectivity index (χ4v) is 3.56. The molecule has 0 fully saturated rings. The number of carbonyl (C=O) groups is 2. The van der Waals surface area contributed by atoms with Gasteiger partial charge in [0.25, 0.3) is 0 Å². The minimum Gasteiger partial charge on any atom is -0.465 e. The lowest BCUT2D eigenvalue weighted by molar-refractivity contribution is -0.117. The first kappa shape index (κ1) is 20.1. The molecule has 0 saturated carbocycles. The maximum Gasteiger partial charge on any atom is 0.339 e. The van der Waals surface area contributed by atoms with Gasteiger partial charge in [-0.05, 0) is 43.3 Å². The van der Waals surface area contributed by atoms with Crippen molar-refractivity contribution in [3.8, 4) is 0 Å². The van der Waals surface area contributed by atoms with E-state index in [1.165, 1.54) is 38.3 Å². The van der Waals surface area contributed by atoms with Crippen molar-refractivity contribution >= 4 is 43.5 Å². The summed E-state index contributed by atoms with van der Waals surface area (Å²) in [5, 5.41) is 2.53. The molecule has 0 aliphatic heterocycles. The first-order valence-corrected chi connectivity index (χ1v) is 9.78. The van der Waals surface area contributed by atoms with E-state index in [0.29, 0.717) is 0 Å². The Hall–Kier alpha value is -2.23. The second-order valence-electron chi connectivity index (χ2n) is 5.32. The first-order chi connectivity index (χ1) is 12.2. The third-order valence-electron chi connectivity index (χ3n) is 3.44. The van der Waals surface area contributed by atoms with Crippen LogP contribution in [-0.2, 0) is 19.6 Å². The van der Waals surface area contributed by atoms with Gasteiger partial charge in [-0.3, -0.25) is 4.79 Å². The molecule has 7 nitrogen and oxygen atoms in total.